The average Bonchev–Trinajstić information content (AvgIpc) is 3.15. The van der Waals surface area contributed by atoms with Crippen LogP contribution in [-0.4, -0.2) is 18.8 Å². The Morgan fingerprint density at radius 3 is 2.89 bits per heavy atom. The molecular weight excluding hydrogens is 224 g/mol. The van der Waals surface area contributed by atoms with E-state index < -0.39 is 0 Å². The van der Waals surface area contributed by atoms with E-state index in [2.05, 4.69) is 31.2 Å². The predicted octanol–water partition coefficient (Wildman–Crippen LogP) is 3.72. The Hall–Kier alpha value is -1.12. The Morgan fingerprint density at radius 1 is 1.28 bits per heavy atom. The van der Waals surface area contributed by atoms with Crippen LogP contribution in [0.4, 0.5) is 0 Å². The lowest BCUT2D eigenvalue weighted by molar-refractivity contribution is 0.104. The summed E-state index contributed by atoms with van der Waals surface area (Å²) >= 11 is 0. The predicted molar refractivity (Wildman–Crippen MR) is 73.4 cm³/mol. The van der Waals surface area contributed by atoms with Gasteiger partial charge in [-0.05, 0) is 12.0 Å². The molecule has 1 aromatic carbocycles. The smallest absolute Gasteiger partial charge is 0.111 e. The second kappa shape index (κ2) is 7.34. The van der Waals surface area contributed by atoms with E-state index in [0.29, 0.717) is 13.2 Å². The fraction of sp³-hybridized carbons (Fsp3) is 0.500. The Labute approximate surface area is 110 Å². The van der Waals surface area contributed by atoms with Crippen molar-refractivity contribution >= 4 is 0 Å². The molecule has 0 aromatic heterocycles. The number of rotatable bonds is 8. The average molecular weight is 246 g/mol. The summed E-state index contributed by atoms with van der Waals surface area (Å²) in [4.78, 5) is 0. The molecule has 0 amide bonds. The topological polar surface area (TPSA) is 21.8 Å². The van der Waals surface area contributed by atoms with Crippen LogP contribution in [0.2, 0.25) is 0 Å². The van der Waals surface area contributed by atoms with Crippen molar-refractivity contribution in [2.75, 3.05) is 6.61 Å². The largest absolute Gasteiger partial charge is 0.374 e. The highest BCUT2D eigenvalue weighted by Gasteiger charge is 2.36. The van der Waals surface area contributed by atoms with E-state index in [1.165, 1.54) is 18.4 Å². The zero-order chi connectivity index (χ0) is 12.6. The van der Waals surface area contributed by atoms with Crippen molar-refractivity contribution in [1.29, 1.82) is 0 Å². The fourth-order valence-corrected chi connectivity index (χ4v) is 1.88. The maximum absolute atomic E-state index is 5.64. The summed E-state index contributed by atoms with van der Waals surface area (Å²) in [5, 5.41) is 0. The second-order valence-corrected chi connectivity index (χ2v) is 4.71. The fourth-order valence-electron chi connectivity index (χ4n) is 1.88. The number of ether oxygens (including phenoxy) is 2. The molecule has 0 N–H and O–H groups in total. The molecule has 2 heteroatoms. The van der Waals surface area contributed by atoms with Crippen LogP contribution in [0.25, 0.3) is 0 Å². The third-order valence-electron chi connectivity index (χ3n) is 3.07. The lowest BCUT2D eigenvalue weighted by Crippen LogP contribution is -2.03. The summed E-state index contributed by atoms with van der Waals surface area (Å²) in [5.41, 5.74) is 1.22. The van der Waals surface area contributed by atoms with Gasteiger partial charge in [0.2, 0.25) is 0 Å². The number of unbranched alkanes of at least 4 members (excludes halogenated alkanes) is 2. The molecule has 1 saturated heterocycles. The molecule has 1 heterocycles. The molecule has 0 spiro atoms. The third kappa shape index (κ3) is 4.63. The molecule has 0 aliphatic carbocycles. The third-order valence-corrected chi connectivity index (χ3v) is 3.07. The highest BCUT2D eigenvalue weighted by atomic mass is 16.6. The van der Waals surface area contributed by atoms with Gasteiger partial charge in [0.15, 0.2) is 0 Å². The van der Waals surface area contributed by atoms with Gasteiger partial charge < -0.3 is 9.47 Å². The maximum Gasteiger partial charge on any atom is 0.111 e. The highest BCUT2D eigenvalue weighted by molar-refractivity contribution is 5.13. The molecule has 2 rings (SSSR count). The van der Waals surface area contributed by atoms with Crippen LogP contribution in [0.15, 0.2) is 42.5 Å². The number of hydrogen-bond donors (Lipinski definition) is 0. The summed E-state index contributed by atoms with van der Waals surface area (Å²) in [5.74, 6) is 0. The number of hydrogen-bond acceptors (Lipinski definition) is 2. The summed E-state index contributed by atoms with van der Waals surface area (Å²) < 4.78 is 11.2. The highest BCUT2D eigenvalue weighted by Crippen LogP contribution is 2.24. The standard InChI is InChI=1S/C16H22O2/c1-2-3-4-8-11-15-16(18-15)13-17-12-14-9-6-5-7-10-14/h5-11,15-16H,2-4,12-13H2,1H3/b11-8-/t15-,16-/m0/s1. The molecule has 0 saturated carbocycles. The van der Waals surface area contributed by atoms with Crippen molar-refractivity contribution in [3.05, 3.63) is 48.0 Å². The summed E-state index contributed by atoms with van der Waals surface area (Å²) in [6.45, 7) is 3.58. The van der Waals surface area contributed by atoms with E-state index in [4.69, 9.17) is 9.47 Å². The van der Waals surface area contributed by atoms with Crippen LogP contribution in [0.3, 0.4) is 0 Å². The lowest BCUT2D eigenvalue weighted by atomic mass is 10.2. The van der Waals surface area contributed by atoms with Gasteiger partial charge in [0.1, 0.15) is 12.2 Å². The van der Waals surface area contributed by atoms with Gasteiger partial charge in [0.25, 0.3) is 0 Å². The molecule has 0 unspecified atom stereocenters. The minimum absolute atomic E-state index is 0.270. The van der Waals surface area contributed by atoms with Crippen LogP contribution in [-0.2, 0) is 16.1 Å². The van der Waals surface area contributed by atoms with E-state index >= 15 is 0 Å². The summed E-state index contributed by atoms with van der Waals surface area (Å²) in [6, 6.07) is 10.2. The molecule has 2 nitrogen and oxygen atoms in total. The molecule has 0 radical (unpaired) electrons. The molecule has 1 aliphatic heterocycles. The number of allylic oxidation sites excluding steroid dienone is 1. The van der Waals surface area contributed by atoms with Crippen molar-refractivity contribution in [1.82, 2.24) is 0 Å². The quantitative estimate of drug-likeness (QED) is 0.396. The van der Waals surface area contributed by atoms with Crippen LogP contribution in [0.5, 0.6) is 0 Å². The second-order valence-electron chi connectivity index (χ2n) is 4.71. The van der Waals surface area contributed by atoms with Gasteiger partial charge in [-0.25, -0.2) is 0 Å². The van der Waals surface area contributed by atoms with E-state index in [0.717, 1.165) is 6.42 Å². The number of benzene rings is 1. The van der Waals surface area contributed by atoms with Gasteiger partial charge in [-0.2, -0.15) is 0 Å². The first-order chi connectivity index (χ1) is 8.90. The van der Waals surface area contributed by atoms with Gasteiger partial charge in [-0.1, -0.05) is 62.2 Å². The maximum atomic E-state index is 5.64. The van der Waals surface area contributed by atoms with Crippen LogP contribution in [0, 0.1) is 0 Å². The normalized spacial score (nSPS) is 22.5. The molecule has 1 aromatic rings. The number of epoxide rings is 1. The minimum atomic E-state index is 0.270. The molecule has 2 atom stereocenters. The molecule has 1 fully saturated rings. The van der Waals surface area contributed by atoms with E-state index in [1.807, 2.05) is 18.2 Å². The molecule has 98 valence electrons. The van der Waals surface area contributed by atoms with Gasteiger partial charge in [-0.3, -0.25) is 0 Å². The first-order valence-electron chi connectivity index (χ1n) is 6.84. The molecular formula is C16H22O2. The molecule has 18 heavy (non-hydrogen) atoms. The summed E-state index contributed by atoms with van der Waals surface area (Å²) in [7, 11) is 0. The Bertz CT molecular complexity index is 359. The van der Waals surface area contributed by atoms with Crippen molar-refractivity contribution in [2.45, 2.75) is 45.0 Å². The van der Waals surface area contributed by atoms with Gasteiger partial charge in [0.05, 0.1) is 13.2 Å². The Balaban J connectivity index is 1.55. The van der Waals surface area contributed by atoms with Gasteiger partial charge >= 0.3 is 0 Å². The Kier molecular flexibility index (Phi) is 5.43. The van der Waals surface area contributed by atoms with Crippen molar-refractivity contribution in [2.24, 2.45) is 0 Å². The van der Waals surface area contributed by atoms with Crippen LogP contribution in [0.1, 0.15) is 31.7 Å². The zero-order valence-corrected chi connectivity index (χ0v) is 11.0. The van der Waals surface area contributed by atoms with Crippen LogP contribution >= 0.6 is 0 Å². The molecule has 1 aliphatic rings. The van der Waals surface area contributed by atoms with Crippen molar-refractivity contribution in [3.63, 3.8) is 0 Å². The minimum Gasteiger partial charge on any atom is -0.374 e. The van der Waals surface area contributed by atoms with Gasteiger partial charge in [0, 0.05) is 0 Å². The zero-order valence-electron chi connectivity index (χ0n) is 11.0. The van der Waals surface area contributed by atoms with Crippen LogP contribution < -0.4 is 0 Å². The van der Waals surface area contributed by atoms with Gasteiger partial charge in [-0.15, -0.1) is 0 Å². The lowest BCUT2D eigenvalue weighted by Gasteiger charge is -2.01. The van der Waals surface area contributed by atoms with Crippen molar-refractivity contribution in [3.8, 4) is 0 Å². The van der Waals surface area contributed by atoms with E-state index in [9.17, 15) is 0 Å². The monoisotopic (exact) mass is 246 g/mol. The van der Waals surface area contributed by atoms with E-state index in [-0.39, 0.29) is 12.2 Å². The molecule has 0 bridgehead atoms. The van der Waals surface area contributed by atoms with E-state index in [1.54, 1.807) is 0 Å². The Morgan fingerprint density at radius 2 is 2.11 bits per heavy atom. The summed E-state index contributed by atoms with van der Waals surface area (Å²) in [6.07, 6.45) is 8.63. The first-order valence-corrected chi connectivity index (χ1v) is 6.84. The SMILES string of the molecule is CCCC/C=C\[C@@H]1O[C@H]1COCc1ccccc1. The first kappa shape index (κ1) is 13.3. The van der Waals surface area contributed by atoms with Crippen molar-refractivity contribution < 1.29 is 9.47 Å².